The highest BCUT2D eigenvalue weighted by Gasteiger charge is 2.30. The predicted molar refractivity (Wildman–Crippen MR) is 381 cm³/mol. The molecule has 0 N–H and O–H groups in total. The monoisotopic (exact) mass is 1170 g/mol. The number of hydrogen-bond donors (Lipinski definition) is 0. The smallest absolute Gasteiger partial charge is 0.145 e. The van der Waals surface area contributed by atoms with E-state index in [4.69, 9.17) is 17.7 Å². The normalized spacial score (nSPS) is 13.2. The Hall–Kier alpha value is -12.5. The van der Waals surface area contributed by atoms with Gasteiger partial charge in [-0.1, -0.05) is 146 Å². The summed E-state index contributed by atoms with van der Waals surface area (Å²) in [5.74, 6) is 0. The summed E-state index contributed by atoms with van der Waals surface area (Å²) >= 11 is 0. The third-order valence-electron chi connectivity index (χ3n) is 21.5. The van der Waals surface area contributed by atoms with Gasteiger partial charge in [-0.2, -0.15) is 0 Å². The number of aromatic nitrogens is 4. The fourth-order valence-electron chi connectivity index (χ4n) is 18.0. The van der Waals surface area contributed by atoms with Gasteiger partial charge in [-0.05, 0) is 97.1 Å². The maximum Gasteiger partial charge on any atom is 0.145 e. The van der Waals surface area contributed by atoms with E-state index in [-0.39, 0.29) is 0 Å². The van der Waals surface area contributed by atoms with Gasteiger partial charge in [0.05, 0.1) is 77.0 Å². The molecule has 0 spiro atoms. The molecule has 92 heavy (non-hydrogen) atoms. The van der Waals surface area contributed by atoms with Crippen LogP contribution in [0.3, 0.4) is 0 Å². The van der Waals surface area contributed by atoms with Crippen LogP contribution in [0.2, 0.25) is 0 Å². The molecule has 0 saturated carbocycles. The fraction of sp³-hybridized carbons (Fsp3) is 0. The van der Waals surface area contributed by atoms with Crippen molar-refractivity contribution in [2.75, 3.05) is 0 Å². The largest absolute Gasteiger partial charge is 0.456 e. The number of benzene rings is 14. The molecule has 12 heterocycles. The molecule has 0 aliphatic heterocycles. The minimum Gasteiger partial charge on any atom is -0.456 e. The Balaban J connectivity index is 0.000000113. The summed E-state index contributed by atoms with van der Waals surface area (Å²) in [6.45, 7) is 0. The highest BCUT2D eigenvalue weighted by atomic mass is 16.3. The van der Waals surface area contributed by atoms with Crippen LogP contribution in [0.5, 0.6) is 0 Å². The SMILES string of the molecule is c1ccc2c(c1)oc1c2cc2c3cc4c(cc3n3c5ccccc5c1c23)c1cc2c3ccccc3oc2c2c3ccccc3n4c12.c1ccc2c(c1)oc1cc3c4cc5c(cc4n4c6ccccc6c(c12)c34)c1cc2oc3ccccc3c2c2c3ccccc3n5c12. The van der Waals surface area contributed by atoms with Crippen molar-refractivity contribution >= 4 is 240 Å². The molecule has 0 saturated heterocycles. The maximum atomic E-state index is 6.61. The fourth-order valence-corrected chi connectivity index (χ4v) is 18.0. The Morgan fingerprint density at radius 1 is 0.163 bits per heavy atom. The minimum atomic E-state index is 0.927. The Bertz CT molecular complexity index is 7410. The van der Waals surface area contributed by atoms with Crippen molar-refractivity contribution in [1.82, 2.24) is 17.6 Å². The molecule has 12 aromatic heterocycles. The summed E-state index contributed by atoms with van der Waals surface area (Å²) in [4.78, 5) is 0. The lowest BCUT2D eigenvalue weighted by molar-refractivity contribution is 0.669. The van der Waals surface area contributed by atoms with Crippen LogP contribution in [0.1, 0.15) is 0 Å². The first-order valence-corrected chi connectivity index (χ1v) is 31.6. The zero-order valence-electron chi connectivity index (χ0n) is 48.5. The van der Waals surface area contributed by atoms with E-state index in [1.807, 2.05) is 0 Å². The van der Waals surface area contributed by atoms with Gasteiger partial charge < -0.3 is 35.3 Å². The van der Waals surface area contributed by atoms with Crippen molar-refractivity contribution in [3.05, 3.63) is 243 Å². The van der Waals surface area contributed by atoms with E-state index >= 15 is 0 Å². The van der Waals surface area contributed by atoms with Crippen molar-refractivity contribution in [1.29, 1.82) is 0 Å². The first-order chi connectivity index (χ1) is 45.7. The van der Waals surface area contributed by atoms with E-state index in [0.717, 1.165) is 66.2 Å². The van der Waals surface area contributed by atoms with E-state index < -0.39 is 0 Å². The maximum absolute atomic E-state index is 6.61. The highest BCUT2D eigenvalue weighted by molar-refractivity contribution is 6.40. The van der Waals surface area contributed by atoms with Crippen molar-refractivity contribution < 1.29 is 17.7 Å². The van der Waals surface area contributed by atoms with Gasteiger partial charge in [-0.3, -0.25) is 0 Å². The first kappa shape index (κ1) is 45.7. The summed E-state index contributed by atoms with van der Waals surface area (Å²) in [6.07, 6.45) is 0. The van der Waals surface area contributed by atoms with Gasteiger partial charge in [0.15, 0.2) is 0 Å². The lowest BCUT2D eigenvalue weighted by Crippen LogP contribution is -1.82. The number of fused-ring (bicyclic) bond motifs is 40. The van der Waals surface area contributed by atoms with Crippen LogP contribution in [0.25, 0.3) is 240 Å². The van der Waals surface area contributed by atoms with E-state index in [1.165, 1.54) is 174 Å². The van der Waals surface area contributed by atoms with Gasteiger partial charge in [0.1, 0.15) is 44.7 Å². The lowest BCUT2D eigenvalue weighted by Gasteiger charge is -2.02. The molecule has 0 atom stereocenters. The van der Waals surface area contributed by atoms with E-state index in [1.54, 1.807) is 0 Å². The average Bonchev–Trinajstić information content (AvgIpc) is 1.52. The topological polar surface area (TPSA) is 70.2 Å². The van der Waals surface area contributed by atoms with Gasteiger partial charge in [-0.25, -0.2) is 0 Å². The van der Waals surface area contributed by atoms with Crippen LogP contribution in [0, 0.1) is 0 Å². The standard InChI is InChI=1S/2C42H20N2O2/c1-5-13-31-23(11-1)37-39-27(17-29-21-9-3-7-15-35(21)45-41(29)37)25-20-34-26(19-33(25)43(31)39)28-18-30-22-10-4-8-16-36(22)46-42(30)38-24-12-2-6-14-32(24)44(34)40(28)38;1-5-13-29-21(9-1)39-37-23-11-3-7-15-33(23)45-35(37)19-27-25-18-32-26(17-31(25)43(29)41(27)39)28-20-36-38(24-12-4-8-16-34(24)46-36)40-22-10-2-6-14-30(22)44(32)42(28)40/h2*1-20H. The zero-order valence-corrected chi connectivity index (χ0v) is 48.5. The molecule has 26 rings (SSSR count). The zero-order chi connectivity index (χ0) is 58.8. The van der Waals surface area contributed by atoms with Gasteiger partial charge in [0.2, 0.25) is 0 Å². The van der Waals surface area contributed by atoms with Gasteiger partial charge >= 0.3 is 0 Å². The molecule has 0 aliphatic rings. The summed E-state index contributed by atoms with van der Waals surface area (Å²) < 4.78 is 36.2. The van der Waals surface area contributed by atoms with Crippen LogP contribution in [-0.4, -0.2) is 17.6 Å². The third kappa shape index (κ3) is 5.05. The van der Waals surface area contributed by atoms with E-state index in [2.05, 4.69) is 260 Å². The van der Waals surface area contributed by atoms with Gasteiger partial charge in [0.25, 0.3) is 0 Å². The number of rotatable bonds is 0. The molecular formula is C84H40N4O4. The van der Waals surface area contributed by atoms with Crippen molar-refractivity contribution in [3.8, 4) is 0 Å². The molecule has 0 aliphatic carbocycles. The van der Waals surface area contributed by atoms with Crippen LogP contribution in [0.4, 0.5) is 0 Å². The second-order valence-corrected chi connectivity index (χ2v) is 25.7. The first-order valence-electron chi connectivity index (χ1n) is 31.6. The number of furan rings is 4. The molecule has 0 bridgehead atoms. The molecule has 420 valence electrons. The van der Waals surface area contributed by atoms with Crippen molar-refractivity contribution in [3.63, 3.8) is 0 Å². The lowest BCUT2D eigenvalue weighted by atomic mass is 10.0. The second-order valence-electron chi connectivity index (χ2n) is 25.7. The Kier molecular flexibility index (Phi) is 7.60. The molecule has 0 amide bonds. The summed E-state index contributed by atoms with van der Waals surface area (Å²) in [7, 11) is 0. The molecule has 0 unspecified atom stereocenters. The van der Waals surface area contributed by atoms with Crippen LogP contribution in [0.15, 0.2) is 260 Å². The van der Waals surface area contributed by atoms with E-state index in [0.29, 0.717) is 0 Å². The number of hydrogen-bond acceptors (Lipinski definition) is 4. The summed E-state index contributed by atoms with van der Waals surface area (Å²) in [5.41, 5.74) is 22.2. The van der Waals surface area contributed by atoms with Crippen LogP contribution >= 0.6 is 0 Å². The van der Waals surface area contributed by atoms with Crippen LogP contribution < -0.4 is 0 Å². The molecule has 8 nitrogen and oxygen atoms in total. The van der Waals surface area contributed by atoms with Crippen LogP contribution in [-0.2, 0) is 0 Å². The van der Waals surface area contributed by atoms with Crippen molar-refractivity contribution in [2.24, 2.45) is 0 Å². The van der Waals surface area contributed by atoms with Gasteiger partial charge in [-0.15, -0.1) is 0 Å². The van der Waals surface area contributed by atoms with E-state index in [9.17, 15) is 0 Å². The third-order valence-corrected chi connectivity index (χ3v) is 21.5. The van der Waals surface area contributed by atoms with Gasteiger partial charge in [0, 0.05) is 118 Å². The predicted octanol–water partition coefficient (Wildman–Crippen LogP) is 23.6. The van der Waals surface area contributed by atoms with Crippen molar-refractivity contribution in [2.45, 2.75) is 0 Å². The molecule has 26 aromatic rings. The molecule has 14 aromatic carbocycles. The number of para-hydroxylation sites is 8. The summed E-state index contributed by atoms with van der Waals surface area (Å²) in [5, 5.41) is 29.2. The quantitative estimate of drug-likeness (QED) is 0.152. The average molecular weight is 1170 g/mol. The summed E-state index contributed by atoms with van der Waals surface area (Å²) in [6, 6.07) is 87.8. The highest BCUT2D eigenvalue weighted by Crippen LogP contribution is 2.53. The molecular weight excluding hydrogens is 1130 g/mol. The number of nitrogens with zero attached hydrogens (tertiary/aromatic N) is 4. The Labute approximate surface area is 515 Å². The Morgan fingerprint density at radius 2 is 0.435 bits per heavy atom. The second kappa shape index (κ2) is 15.3. The molecule has 0 fully saturated rings. The molecule has 8 heteroatoms. The Morgan fingerprint density at radius 3 is 0.793 bits per heavy atom. The minimum absolute atomic E-state index is 0.927. The molecule has 0 radical (unpaired) electrons.